The summed E-state index contributed by atoms with van der Waals surface area (Å²) >= 11 is 0. The van der Waals surface area contributed by atoms with E-state index in [9.17, 15) is 0 Å². The lowest BCUT2D eigenvalue weighted by molar-refractivity contribution is 0.725. The number of benzene rings is 2. The van der Waals surface area contributed by atoms with Crippen LogP contribution >= 0.6 is 24.0 Å². The molecule has 3 N–H and O–H groups in total. The van der Waals surface area contributed by atoms with E-state index in [4.69, 9.17) is 0 Å². The van der Waals surface area contributed by atoms with E-state index in [0.717, 1.165) is 55.2 Å². The van der Waals surface area contributed by atoms with Crippen molar-refractivity contribution in [3.05, 3.63) is 65.5 Å². The number of aromatic amines is 1. The summed E-state index contributed by atoms with van der Waals surface area (Å²) in [6, 6.07) is 16.7. The maximum absolute atomic E-state index is 4.62. The van der Waals surface area contributed by atoms with Gasteiger partial charge in [-0.1, -0.05) is 43.3 Å². The molecule has 0 atom stereocenters. The van der Waals surface area contributed by atoms with Crippen LogP contribution in [-0.4, -0.2) is 29.5 Å². The van der Waals surface area contributed by atoms with E-state index in [0.29, 0.717) is 0 Å². The summed E-state index contributed by atoms with van der Waals surface area (Å²) < 4.78 is 0. The Kier molecular flexibility index (Phi) is 8.57. The average Bonchev–Trinajstić information content (AvgIpc) is 3.10. The Labute approximate surface area is 178 Å². The fourth-order valence-electron chi connectivity index (χ4n) is 3.06. The second kappa shape index (κ2) is 10.9. The van der Waals surface area contributed by atoms with E-state index in [1.807, 2.05) is 18.2 Å². The maximum atomic E-state index is 4.62. The molecule has 0 saturated carbocycles. The van der Waals surface area contributed by atoms with Gasteiger partial charge >= 0.3 is 0 Å². The number of aliphatic imine (C=N–C) groups is 1. The molecule has 0 amide bonds. The SMILES string of the molecule is CCc1ccccc1CNC(=NC)NCCCc1nc2ccccc2[nH]1.I. The first-order valence-electron chi connectivity index (χ1n) is 9.25. The molecule has 144 valence electrons. The van der Waals surface area contributed by atoms with Crippen LogP contribution in [0.2, 0.25) is 0 Å². The van der Waals surface area contributed by atoms with Crippen molar-refractivity contribution in [3.63, 3.8) is 0 Å². The summed E-state index contributed by atoms with van der Waals surface area (Å²) in [5, 5.41) is 6.77. The molecule has 3 aromatic rings. The van der Waals surface area contributed by atoms with Crippen LogP contribution in [0.3, 0.4) is 0 Å². The molecular weight excluding hydrogens is 449 g/mol. The van der Waals surface area contributed by atoms with Crippen molar-refractivity contribution in [1.29, 1.82) is 0 Å². The molecule has 0 spiro atoms. The van der Waals surface area contributed by atoms with Crippen molar-refractivity contribution in [2.45, 2.75) is 32.7 Å². The second-order valence-electron chi connectivity index (χ2n) is 6.28. The molecule has 5 nitrogen and oxygen atoms in total. The summed E-state index contributed by atoms with van der Waals surface area (Å²) in [4.78, 5) is 12.3. The zero-order valence-corrected chi connectivity index (χ0v) is 18.3. The van der Waals surface area contributed by atoms with E-state index >= 15 is 0 Å². The third-order valence-electron chi connectivity index (χ3n) is 4.49. The number of hydrogen-bond acceptors (Lipinski definition) is 2. The summed E-state index contributed by atoms with van der Waals surface area (Å²) in [7, 11) is 1.81. The van der Waals surface area contributed by atoms with Gasteiger partial charge < -0.3 is 15.6 Å². The number of H-pyrrole nitrogens is 1. The molecule has 1 heterocycles. The summed E-state index contributed by atoms with van der Waals surface area (Å²) in [6.45, 7) is 3.82. The number of nitrogens with zero attached hydrogens (tertiary/aromatic N) is 2. The van der Waals surface area contributed by atoms with Crippen molar-refractivity contribution in [3.8, 4) is 0 Å². The highest BCUT2D eigenvalue weighted by atomic mass is 127. The molecule has 0 radical (unpaired) electrons. The van der Waals surface area contributed by atoms with Crippen molar-refractivity contribution in [2.24, 2.45) is 4.99 Å². The highest BCUT2D eigenvalue weighted by Gasteiger charge is 2.04. The molecule has 0 unspecified atom stereocenters. The number of fused-ring (bicyclic) bond motifs is 1. The molecule has 27 heavy (non-hydrogen) atoms. The van der Waals surface area contributed by atoms with E-state index in [2.05, 4.69) is 62.8 Å². The topological polar surface area (TPSA) is 65.1 Å². The van der Waals surface area contributed by atoms with Crippen molar-refractivity contribution in [2.75, 3.05) is 13.6 Å². The lowest BCUT2D eigenvalue weighted by atomic mass is 10.1. The van der Waals surface area contributed by atoms with Crippen molar-refractivity contribution < 1.29 is 0 Å². The van der Waals surface area contributed by atoms with Crippen molar-refractivity contribution in [1.82, 2.24) is 20.6 Å². The number of aryl methyl sites for hydroxylation is 2. The van der Waals surface area contributed by atoms with Crippen molar-refractivity contribution >= 4 is 41.0 Å². The van der Waals surface area contributed by atoms with Gasteiger partial charge in [-0.05, 0) is 36.1 Å². The standard InChI is InChI=1S/C21H27N5.HI/c1-3-16-9-4-5-10-17(16)15-24-21(22-2)23-14-8-13-20-25-18-11-6-7-12-19(18)26-20;/h4-7,9-12H,3,8,13-15H2,1-2H3,(H,25,26)(H2,22,23,24);1H. The smallest absolute Gasteiger partial charge is 0.191 e. The number of aromatic nitrogens is 2. The average molecular weight is 477 g/mol. The Balaban J connectivity index is 0.00000261. The van der Waals surface area contributed by atoms with Gasteiger partial charge in [0.15, 0.2) is 5.96 Å². The third-order valence-corrected chi connectivity index (χ3v) is 4.49. The number of guanidine groups is 1. The fourth-order valence-corrected chi connectivity index (χ4v) is 3.06. The summed E-state index contributed by atoms with van der Waals surface area (Å²) in [5.74, 6) is 1.87. The van der Waals surface area contributed by atoms with Gasteiger partial charge in [0.2, 0.25) is 0 Å². The van der Waals surface area contributed by atoms with E-state index < -0.39 is 0 Å². The molecule has 0 saturated heterocycles. The largest absolute Gasteiger partial charge is 0.356 e. The summed E-state index contributed by atoms with van der Waals surface area (Å²) in [5.41, 5.74) is 4.82. The molecule has 0 aliphatic heterocycles. The molecule has 2 aromatic carbocycles. The molecule has 1 aromatic heterocycles. The van der Waals surface area contributed by atoms with Crippen LogP contribution in [0.1, 0.15) is 30.3 Å². The Morgan fingerprint density at radius 2 is 1.78 bits per heavy atom. The van der Waals surface area contributed by atoms with Crippen LogP contribution in [0.15, 0.2) is 53.5 Å². The van der Waals surface area contributed by atoms with Gasteiger partial charge in [-0.3, -0.25) is 4.99 Å². The zero-order chi connectivity index (χ0) is 18.2. The predicted octanol–water partition coefficient (Wildman–Crippen LogP) is 4.04. The molecule has 0 bridgehead atoms. The Hall–Kier alpha value is -2.09. The minimum absolute atomic E-state index is 0. The minimum Gasteiger partial charge on any atom is -0.356 e. The number of nitrogens with one attached hydrogen (secondary N) is 3. The van der Waals surface area contributed by atoms with Crippen LogP contribution in [0.25, 0.3) is 11.0 Å². The van der Waals surface area contributed by atoms with Gasteiger partial charge in [0.25, 0.3) is 0 Å². The molecule has 6 heteroatoms. The quantitative estimate of drug-likeness (QED) is 0.208. The molecule has 0 aliphatic rings. The number of hydrogen-bond donors (Lipinski definition) is 3. The van der Waals surface area contributed by atoms with Crippen LogP contribution < -0.4 is 10.6 Å². The highest BCUT2D eigenvalue weighted by molar-refractivity contribution is 14.0. The Morgan fingerprint density at radius 3 is 2.52 bits per heavy atom. The minimum atomic E-state index is 0. The molecule has 0 aliphatic carbocycles. The fraction of sp³-hybridized carbons (Fsp3) is 0.333. The Morgan fingerprint density at radius 1 is 1.04 bits per heavy atom. The molecule has 3 rings (SSSR count). The van der Waals surface area contributed by atoms with Gasteiger partial charge in [-0.15, -0.1) is 24.0 Å². The monoisotopic (exact) mass is 477 g/mol. The van der Waals surface area contributed by atoms with Gasteiger partial charge in [-0.2, -0.15) is 0 Å². The normalized spacial score (nSPS) is 11.3. The van der Waals surface area contributed by atoms with Gasteiger partial charge in [0, 0.05) is 26.6 Å². The third kappa shape index (κ3) is 5.95. The van der Waals surface area contributed by atoms with E-state index in [1.54, 1.807) is 7.05 Å². The van der Waals surface area contributed by atoms with E-state index in [-0.39, 0.29) is 24.0 Å². The first-order chi connectivity index (χ1) is 12.8. The van der Waals surface area contributed by atoms with Gasteiger partial charge in [0.05, 0.1) is 11.0 Å². The number of imidazole rings is 1. The zero-order valence-electron chi connectivity index (χ0n) is 16.0. The number of para-hydroxylation sites is 2. The van der Waals surface area contributed by atoms with E-state index in [1.165, 1.54) is 11.1 Å². The lowest BCUT2D eigenvalue weighted by Gasteiger charge is -2.13. The first-order valence-corrected chi connectivity index (χ1v) is 9.25. The van der Waals surface area contributed by atoms with Crippen LogP contribution in [-0.2, 0) is 19.4 Å². The lowest BCUT2D eigenvalue weighted by Crippen LogP contribution is -2.37. The van der Waals surface area contributed by atoms with Crippen LogP contribution in [0.5, 0.6) is 0 Å². The van der Waals surface area contributed by atoms with Crippen LogP contribution in [0.4, 0.5) is 0 Å². The second-order valence-corrected chi connectivity index (χ2v) is 6.28. The Bertz CT molecular complexity index is 839. The van der Waals surface area contributed by atoms with Gasteiger partial charge in [-0.25, -0.2) is 4.98 Å². The van der Waals surface area contributed by atoms with Crippen LogP contribution in [0, 0.1) is 0 Å². The molecular formula is C21H28IN5. The highest BCUT2D eigenvalue weighted by Crippen LogP contribution is 2.11. The summed E-state index contributed by atoms with van der Waals surface area (Å²) in [6.07, 6.45) is 2.95. The maximum Gasteiger partial charge on any atom is 0.191 e. The molecule has 0 fully saturated rings. The van der Waals surface area contributed by atoms with Gasteiger partial charge in [0.1, 0.15) is 5.82 Å². The predicted molar refractivity (Wildman–Crippen MR) is 124 cm³/mol. The first kappa shape index (κ1) is 21.2. The number of halogens is 1. The number of rotatable bonds is 7.